The molecule has 7 heteroatoms. The third-order valence-corrected chi connectivity index (χ3v) is 4.79. The lowest BCUT2D eigenvalue weighted by atomic mass is 10.2. The van der Waals surface area contributed by atoms with E-state index in [2.05, 4.69) is 11.8 Å². The van der Waals surface area contributed by atoms with Crippen LogP contribution in [0.4, 0.5) is 4.79 Å². The molecule has 1 unspecified atom stereocenters. The van der Waals surface area contributed by atoms with Gasteiger partial charge in [0.05, 0.1) is 6.61 Å². The molecule has 1 aliphatic heterocycles. The predicted molar refractivity (Wildman–Crippen MR) is 100 cm³/mol. The van der Waals surface area contributed by atoms with Gasteiger partial charge in [0, 0.05) is 31.4 Å². The Balaban J connectivity index is 2.23. The van der Waals surface area contributed by atoms with E-state index in [0.717, 1.165) is 39.1 Å². The number of carbonyl (C=O) groups excluding carboxylic acids is 1. The van der Waals surface area contributed by atoms with Crippen molar-refractivity contribution in [1.29, 1.82) is 0 Å². The maximum absolute atomic E-state index is 12.0. The molecule has 1 atom stereocenters. The second kappa shape index (κ2) is 9.69. The van der Waals surface area contributed by atoms with Gasteiger partial charge < -0.3 is 14.4 Å². The van der Waals surface area contributed by atoms with Crippen LogP contribution in [0.2, 0.25) is 0 Å². The molecule has 1 aliphatic rings. The van der Waals surface area contributed by atoms with Gasteiger partial charge in [-0.25, -0.2) is 4.79 Å². The molecule has 1 rings (SSSR count). The Morgan fingerprint density at radius 1 is 1.26 bits per heavy atom. The minimum Gasteiger partial charge on any atom is -0.479 e. The first-order chi connectivity index (χ1) is 10.7. The van der Waals surface area contributed by atoms with Gasteiger partial charge in [-0.3, -0.25) is 4.90 Å². The Kier molecular flexibility index (Phi) is 8.64. The molecule has 0 bridgehead atoms. The third kappa shape index (κ3) is 8.77. The number of thiocarbonyl (C=S) groups is 1. The number of ether oxygens (including phenoxy) is 2. The van der Waals surface area contributed by atoms with Crippen molar-refractivity contribution in [1.82, 2.24) is 9.80 Å². The van der Waals surface area contributed by atoms with Crippen LogP contribution in [0.1, 0.15) is 41.0 Å². The van der Waals surface area contributed by atoms with Gasteiger partial charge >= 0.3 is 6.09 Å². The summed E-state index contributed by atoms with van der Waals surface area (Å²) in [5, 5.41) is 0.443. The molecule has 0 aromatic heterocycles. The molecular formula is C16H30N2O3S2. The van der Waals surface area contributed by atoms with Gasteiger partial charge in [0.2, 0.25) is 4.38 Å². The second-order valence-electron chi connectivity index (χ2n) is 6.71. The SMILES string of the molecule is CCOC(=S)SC(C)CCN1CCN(C(=O)OC(C)(C)C)CC1. The molecule has 0 saturated carbocycles. The number of nitrogens with zero attached hydrogens (tertiary/aromatic N) is 2. The number of carbonyl (C=O) groups is 1. The van der Waals surface area contributed by atoms with Crippen LogP contribution in [-0.2, 0) is 9.47 Å². The summed E-state index contributed by atoms with van der Waals surface area (Å²) in [6, 6.07) is 0. The average Bonchev–Trinajstić information content (AvgIpc) is 2.44. The van der Waals surface area contributed by atoms with Crippen molar-refractivity contribution in [2.45, 2.75) is 51.9 Å². The van der Waals surface area contributed by atoms with E-state index >= 15 is 0 Å². The third-order valence-electron chi connectivity index (χ3n) is 3.44. The molecule has 0 radical (unpaired) electrons. The number of thioether (sulfide) groups is 1. The number of rotatable bonds is 5. The molecule has 1 amide bonds. The van der Waals surface area contributed by atoms with Gasteiger partial charge in [0.25, 0.3) is 0 Å². The molecule has 0 aromatic rings. The van der Waals surface area contributed by atoms with E-state index in [1.165, 1.54) is 0 Å². The fourth-order valence-electron chi connectivity index (χ4n) is 2.22. The van der Waals surface area contributed by atoms with Crippen molar-refractivity contribution >= 4 is 34.5 Å². The summed E-state index contributed by atoms with van der Waals surface area (Å²) in [4.78, 5) is 16.2. The summed E-state index contributed by atoms with van der Waals surface area (Å²) in [6.45, 7) is 14.7. The van der Waals surface area contributed by atoms with Crippen LogP contribution in [0.3, 0.4) is 0 Å². The van der Waals surface area contributed by atoms with E-state index in [9.17, 15) is 4.79 Å². The number of amides is 1. The lowest BCUT2D eigenvalue weighted by molar-refractivity contribution is 0.0144. The zero-order chi connectivity index (χ0) is 17.5. The molecule has 134 valence electrons. The summed E-state index contributed by atoms with van der Waals surface area (Å²) in [5.41, 5.74) is -0.431. The molecule has 1 heterocycles. The number of hydrogen-bond donors (Lipinski definition) is 0. The van der Waals surface area contributed by atoms with Crippen molar-refractivity contribution in [3.8, 4) is 0 Å². The highest BCUT2D eigenvalue weighted by Crippen LogP contribution is 2.18. The molecule has 0 aromatic carbocycles. The van der Waals surface area contributed by atoms with Crippen molar-refractivity contribution in [2.75, 3.05) is 39.3 Å². The van der Waals surface area contributed by atoms with Gasteiger partial charge in [0.1, 0.15) is 5.60 Å². The summed E-state index contributed by atoms with van der Waals surface area (Å²) in [6.07, 6.45) is 0.854. The smallest absolute Gasteiger partial charge is 0.410 e. The van der Waals surface area contributed by atoms with Gasteiger partial charge in [-0.2, -0.15) is 0 Å². The van der Waals surface area contributed by atoms with E-state index < -0.39 is 5.60 Å². The zero-order valence-corrected chi connectivity index (χ0v) is 16.6. The zero-order valence-electron chi connectivity index (χ0n) is 15.0. The second-order valence-corrected chi connectivity index (χ2v) is 8.75. The van der Waals surface area contributed by atoms with Gasteiger partial charge in [-0.15, -0.1) is 0 Å². The first-order valence-electron chi connectivity index (χ1n) is 8.25. The van der Waals surface area contributed by atoms with E-state index in [0.29, 0.717) is 16.2 Å². The molecule has 23 heavy (non-hydrogen) atoms. The molecule has 0 aliphatic carbocycles. The van der Waals surface area contributed by atoms with Gasteiger partial charge in [-0.05, 0) is 52.9 Å². The molecular weight excluding hydrogens is 332 g/mol. The fourth-order valence-corrected chi connectivity index (χ4v) is 3.57. The van der Waals surface area contributed by atoms with Crippen molar-refractivity contribution < 1.29 is 14.3 Å². The van der Waals surface area contributed by atoms with Crippen molar-refractivity contribution in [3.63, 3.8) is 0 Å². The summed E-state index contributed by atoms with van der Waals surface area (Å²) in [7, 11) is 0. The Morgan fingerprint density at radius 2 is 1.87 bits per heavy atom. The van der Waals surface area contributed by atoms with Gasteiger partial charge in [0.15, 0.2) is 0 Å². The highest BCUT2D eigenvalue weighted by molar-refractivity contribution is 8.23. The summed E-state index contributed by atoms with van der Waals surface area (Å²) >= 11 is 6.78. The Bertz CT molecular complexity index is 391. The first-order valence-corrected chi connectivity index (χ1v) is 9.53. The lowest BCUT2D eigenvalue weighted by Gasteiger charge is -2.35. The maximum atomic E-state index is 12.0. The van der Waals surface area contributed by atoms with Gasteiger partial charge in [-0.1, -0.05) is 18.7 Å². The van der Waals surface area contributed by atoms with Crippen LogP contribution in [0.5, 0.6) is 0 Å². The topological polar surface area (TPSA) is 42.0 Å². The minimum absolute atomic E-state index is 0.205. The van der Waals surface area contributed by atoms with Crippen molar-refractivity contribution in [2.24, 2.45) is 0 Å². The monoisotopic (exact) mass is 362 g/mol. The van der Waals surface area contributed by atoms with E-state index in [1.54, 1.807) is 16.7 Å². The van der Waals surface area contributed by atoms with Crippen LogP contribution in [0.25, 0.3) is 0 Å². The highest BCUT2D eigenvalue weighted by atomic mass is 32.2. The van der Waals surface area contributed by atoms with E-state index in [1.807, 2.05) is 27.7 Å². The Labute approximate surface area is 150 Å². The summed E-state index contributed by atoms with van der Waals surface area (Å²) in [5.74, 6) is 0. The standard InChI is InChI=1S/C16H30N2O3S2/c1-6-20-15(22)23-13(2)7-8-17-9-11-18(12-10-17)14(19)21-16(3,4)5/h13H,6-12H2,1-5H3. The summed E-state index contributed by atoms with van der Waals surface area (Å²) < 4.78 is 11.4. The largest absolute Gasteiger partial charge is 0.479 e. The molecule has 0 spiro atoms. The number of hydrogen-bond acceptors (Lipinski definition) is 6. The Morgan fingerprint density at radius 3 is 2.39 bits per heavy atom. The van der Waals surface area contributed by atoms with E-state index in [-0.39, 0.29) is 6.09 Å². The normalized spacial score (nSPS) is 17.7. The molecule has 0 N–H and O–H groups in total. The van der Waals surface area contributed by atoms with Crippen LogP contribution < -0.4 is 0 Å². The maximum Gasteiger partial charge on any atom is 0.410 e. The first kappa shape index (κ1) is 20.5. The Hall–Kier alpha value is -0.530. The van der Waals surface area contributed by atoms with Crippen LogP contribution >= 0.6 is 24.0 Å². The predicted octanol–water partition coefficient (Wildman–Crippen LogP) is 3.37. The van der Waals surface area contributed by atoms with Crippen LogP contribution in [-0.4, -0.2) is 70.5 Å². The molecule has 5 nitrogen and oxygen atoms in total. The highest BCUT2D eigenvalue weighted by Gasteiger charge is 2.25. The van der Waals surface area contributed by atoms with Crippen LogP contribution in [0.15, 0.2) is 0 Å². The average molecular weight is 363 g/mol. The lowest BCUT2D eigenvalue weighted by Crippen LogP contribution is -2.50. The minimum atomic E-state index is -0.431. The fraction of sp³-hybridized carbons (Fsp3) is 0.875. The van der Waals surface area contributed by atoms with Crippen molar-refractivity contribution in [3.05, 3.63) is 0 Å². The van der Waals surface area contributed by atoms with Crippen LogP contribution in [0, 0.1) is 0 Å². The number of piperazine rings is 1. The van der Waals surface area contributed by atoms with E-state index in [4.69, 9.17) is 21.7 Å². The molecule has 1 saturated heterocycles. The quantitative estimate of drug-likeness (QED) is 0.699. The molecule has 1 fully saturated rings.